The Morgan fingerprint density at radius 1 is 0.762 bits per heavy atom. The number of hydrogen-bond acceptors (Lipinski definition) is 3. The number of hydrogen-bond donors (Lipinski definition) is 3. The van der Waals surface area contributed by atoms with E-state index in [4.69, 9.17) is 15.3 Å². The van der Waals surface area contributed by atoms with Crippen molar-refractivity contribution in [3.8, 4) is 0 Å². The minimum atomic E-state index is -1.15. The third-order valence-electron chi connectivity index (χ3n) is 3.09. The summed E-state index contributed by atoms with van der Waals surface area (Å²) in [6.45, 7) is 0. The standard InChI is InChI=1S/C15H18O6/c16-13(17)6-4-2-1-3-5-10-7-11(14(18)19)9-12(8-10)15(20)21/h7-9H,1-6H2,(H,16,17)(H,18,19)(H,20,21). The third kappa shape index (κ3) is 6.07. The molecule has 6 nitrogen and oxygen atoms in total. The van der Waals surface area contributed by atoms with Gasteiger partial charge in [0.15, 0.2) is 0 Å². The predicted octanol–water partition coefficient (Wildman–Crippen LogP) is 2.66. The van der Waals surface area contributed by atoms with Crippen LogP contribution < -0.4 is 0 Å². The molecule has 0 aliphatic carbocycles. The second-order valence-electron chi connectivity index (χ2n) is 4.84. The predicted molar refractivity (Wildman–Crippen MR) is 74.8 cm³/mol. The Hall–Kier alpha value is -2.37. The molecule has 0 aliphatic heterocycles. The lowest BCUT2D eigenvalue weighted by molar-refractivity contribution is -0.137. The fourth-order valence-corrected chi connectivity index (χ4v) is 2.04. The van der Waals surface area contributed by atoms with Gasteiger partial charge in [0.1, 0.15) is 0 Å². The number of aryl methyl sites for hydroxylation is 1. The summed E-state index contributed by atoms with van der Waals surface area (Å²) in [6, 6.07) is 4.10. The van der Waals surface area contributed by atoms with Crippen LogP contribution in [0.25, 0.3) is 0 Å². The number of aliphatic carboxylic acids is 1. The Morgan fingerprint density at radius 2 is 1.29 bits per heavy atom. The van der Waals surface area contributed by atoms with Gasteiger partial charge in [-0.15, -0.1) is 0 Å². The third-order valence-corrected chi connectivity index (χ3v) is 3.09. The normalized spacial score (nSPS) is 10.3. The molecule has 1 aromatic carbocycles. The van der Waals surface area contributed by atoms with Crippen LogP contribution in [0.3, 0.4) is 0 Å². The minimum absolute atomic E-state index is 0.0317. The van der Waals surface area contributed by atoms with Gasteiger partial charge >= 0.3 is 17.9 Å². The van der Waals surface area contributed by atoms with Gasteiger partial charge in [-0.25, -0.2) is 9.59 Å². The van der Waals surface area contributed by atoms with E-state index in [2.05, 4.69) is 0 Å². The van der Waals surface area contributed by atoms with E-state index in [-0.39, 0.29) is 17.5 Å². The van der Waals surface area contributed by atoms with Crippen molar-refractivity contribution in [2.75, 3.05) is 0 Å². The molecule has 0 fully saturated rings. The highest BCUT2D eigenvalue weighted by Gasteiger charge is 2.11. The summed E-state index contributed by atoms with van der Waals surface area (Å²) in [5.74, 6) is -3.11. The van der Waals surface area contributed by atoms with Crippen LogP contribution in [-0.2, 0) is 11.2 Å². The van der Waals surface area contributed by atoms with Crippen molar-refractivity contribution in [1.82, 2.24) is 0 Å². The molecule has 0 unspecified atom stereocenters. The van der Waals surface area contributed by atoms with Crippen molar-refractivity contribution in [2.24, 2.45) is 0 Å². The van der Waals surface area contributed by atoms with Crippen molar-refractivity contribution in [3.63, 3.8) is 0 Å². The van der Waals surface area contributed by atoms with E-state index in [1.54, 1.807) is 0 Å². The summed E-state index contributed by atoms with van der Waals surface area (Å²) >= 11 is 0. The zero-order chi connectivity index (χ0) is 15.8. The summed E-state index contributed by atoms with van der Waals surface area (Å²) < 4.78 is 0. The van der Waals surface area contributed by atoms with Crippen LogP contribution >= 0.6 is 0 Å². The summed E-state index contributed by atoms with van der Waals surface area (Å²) in [6.07, 6.45) is 3.72. The molecule has 0 saturated carbocycles. The van der Waals surface area contributed by atoms with E-state index in [1.165, 1.54) is 12.1 Å². The van der Waals surface area contributed by atoms with Gasteiger partial charge in [0.05, 0.1) is 11.1 Å². The van der Waals surface area contributed by atoms with Crippen LogP contribution in [0.4, 0.5) is 0 Å². The molecule has 0 spiro atoms. The smallest absolute Gasteiger partial charge is 0.335 e. The molecular weight excluding hydrogens is 276 g/mol. The first kappa shape index (κ1) is 16.7. The molecular formula is C15H18O6. The molecule has 0 heterocycles. The van der Waals surface area contributed by atoms with Gasteiger partial charge in [-0.05, 0) is 43.0 Å². The van der Waals surface area contributed by atoms with Crippen molar-refractivity contribution in [3.05, 3.63) is 34.9 Å². The summed E-state index contributed by atoms with van der Waals surface area (Å²) in [5, 5.41) is 26.4. The van der Waals surface area contributed by atoms with Crippen molar-refractivity contribution in [2.45, 2.75) is 38.5 Å². The van der Waals surface area contributed by atoms with Crippen LogP contribution in [0.2, 0.25) is 0 Å². The fourth-order valence-electron chi connectivity index (χ4n) is 2.04. The molecule has 1 rings (SSSR count). The molecule has 0 saturated heterocycles. The molecule has 0 atom stereocenters. The van der Waals surface area contributed by atoms with Gasteiger partial charge in [0.2, 0.25) is 0 Å². The average molecular weight is 294 g/mol. The minimum Gasteiger partial charge on any atom is -0.481 e. The molecule has 0 aliphatic rings. The first-order valence-electron chi connectivity index (χ1n) is 6.72. The molecule has 6 heteroatoms. The number of aromatic carboxylic acids is 2. The molecule has 114 valence electrons. The van der Waals surface area contributed by atoms with Crippen LogP contribution in [0.15, 0.2) is 18.2 Å². The van der Waals surface area contributed by atoms with E-state index < -0.39 is 17.9 Å². The van der Waals surface area contributed by atoms with Crippen LogP contribution in [-0.4, -0.2) is 33.2 Å². The van der Waals surface area contributed by atoms with E-state index in [9.17, 15) is 14.4 Å². The van der Waals surface area contributed by atoms with E-state index in [0.717, 1.165) is 25.3 Å². The lowest BCUT2D eigenvalue weighted by Gasteiger charge is -2.05. The second kappa shape index (κ2) is 8.04. The van der Waals surface area contributed by atoms with Gasteiger partial charge in [-0.3, -0.25) is 4.79 Å². The van der Waals surface area contributed by atoms with Gasteiger partial charge in [0, 0.05) is 6.42 Å². The second-order valence-corrected chi connectivity index (χ2v) is 4.84. The van der Waals surface area contributed by atoms with Gasteiger partial charge < -0.3 is 15.3 Å². The van der Waals surface area contributed by atoms with E-state index >= 15 is 0 Å². The first-order chi connectivity index (χ1) is 9.90. The van der Waals surface area contributed by atoms with Gasteiger partial charge in [-0.2, -0.15) is 0 Å². The van der Waals surface area contributed by atoms with Crippen molar-refractivity contribution < 1.29 is 29.7 Å². The SMILES string of the molecule is O=C(O)CCCCCCc1cc(C(=O)O)cc(C(=O)O)c1. The van der Waals surface area contributed by atoms with E-state index in [0.29, 0.717) is 18.4 Å². The molecule has 1 aromatic rings. The Balaban J connectivity index is 2.56. The Bertz CT molecular complexity index is 503. The van der Waals surface area contributed by atoms with Crippen LogP contribution in [0, 0.1) is 0 Å². The average Bonchev–Trinajstić information content (AvgIpc) is 2.41. The monoisotopic (exact) mass is 294 g/mol. The van der Waals surface area contributed by atoms with Gasteiger partial charge in [0.25, 0.3) is 0 Å². The maximum Gasteiger partial charge on any atom is 0.335 e. The molecule has 0 aromatic heterocycles. The fraction of sp³-hybridized carbons (Fsp3) is 0.400. The summed E-state index contributed by atoms with van der Waals surface area (Å²) in [7, 11) is 0. The zero-order valence-corrected chi connectivity index (χ0v) is 11.5. The van der Waals surface area contributed by atoms with Crippen LogP contribution in [0.1, 0.15) is 58.4 Å². The van der Waals surface area contributed by atoms with Crippen molar-refractivity contribution >= 4 is 17.9 Å². The molecule has 0 bridgehead atoms. The number of carboxylic acid groups (broad SMARTS) is 3. The Labute approximate surface area is 122 Å². The Morgan fingerprint density at radius 3 is 1.76 bits per heavy atom. The highest BCUT2D eigenvalue weighted by atomic mass is 16.4. The van der Waals surface area contributed by atoms with E-state index in [1.807, 2.05) is 0 Å². The molecule has 3 N–H and O–H groups in total. The number of rotatable bonds is 9. The largest absolute Gasteiger partial charge is 0.481 e. The lowest BCUT2D eigenvalue weighted by atomic mass is 10.0. The van der Waals surface area contributed by atoms with Gasteiger partial charge in [-0.1, -0.05) is 12.8 Å². The topological polar surface area (TPSA) is 112 Å². The quantitative estimate of drug-likeness (QED) is 0.604. The maximum absolute atomic E-state index is 11.0. The summed E-state index contributed by atoms with van der Waals surface area (Å²) in [5.41, 5.74) is 0.608. The number of benzene rings is 1. The summed E-state index contributed by atoms with van der Waals surface area (Å²) in [4.78, 5) is 32.3. The molecule has 21 heavy (non-hydrogen) atoms. The Kier molecular flexibility index (Phi) is 6.39. The highest BCUT2D eigenvalue weighted by Crippen LogP contribution is 2.15. The van der Waals surface area contributed by atoms with Crippen molar-refractivity contribution in [1.29, 1.82) is 0 Å². The number of carbonyl (C=O) groups is 3. The van der Waals surface area contributed by atoms with Crippen LogP contribution in [0.5, 0.6) is 0 Å². The highest BCUT2D eigenvalue weighted by molar-refractivity contribution is 5.94. The lowest BCUT2D eigenvalue weighted by Crippen LogP contribution is -2.04. The molecule has 0 amide bonds. The maximum atomic E-state index is 11.0. The number of carboxylic acids is 3. The molecule has 0 radical (unpaired) electrons. The number of unbranched alkanes of at least 4 members (excludes halogenated alkanes) is 3. The zero-order valence-electron chi connectivity index (χ0n) is 11.5. The first-order valence-corrected chi connectivity index (χ1v) is 6.72.